The van der Waals surface area contributed by atoms with Gasteiger partial charge in [-0.2, -0.15) is 0 Å². The van der Waals surface area contributed by atoms with E-state index in [0.29, 0.717) is 13.2 Å². The first-order valence-electron chi connectivity index (χ1n) is 5.64. The first kappa shape index (κ1) is 13.6. The Morgan fingerprint density at radius 2 is 2.24 bits per heavy atom. The van der Waals surface area contributed by atoms with Gasteiger partial charge < -0.3 is 19.8 Å². The molecular weight excluding hydrogens is 220 g/mol. The summed E-state index contributed by atoms with van der Waals surface area (Å²) < 4.78 is 10.3. The monoisotopic (exact) mass is 240 g/mol. The summed E-state index contributed by atoms with van der Waals surface area (Å²) in [5.41, 5.74) is 1.00. The van der Waals surface area contributed by atoms with Crippen LogP contribution < -0.4 is 10.6 Å². The van der Waals surface area contributed by atoms with Crippen LogP contribution in [0.4, 0.5) is 4.79 Å². The lowest BCUT2D eigenvalue weighted by Gasteiger charge is -2.13. The van der Waals surface area contributed by atoms with Crippen molar-refractivity contribution < 1.29 is 13.9 Å². The van der Waals surface area contributed by atoms with Crippen LogP contribution in [0.1, 0.15) is 30.0 Å². The van der Waals surface area contributed by atoms with E-state index in [-0.39, 0.29) is 12.1 Å². The molecule has 1 aromatic heterocycles. The average molecular weight is 240 g/mol. The van der Waals surface area contributed by atoms with Crippen LogP contribution in [0.3, 0.4) is 0 Å². The zero-order chi connectivity index (χ0) is 12.8. The molecule has 17 heavy (non-hydrogen) atoms. The van der Waals surface area contributed by atoms with Crippen LogP contribution >= 0.6 is 0 Å². The molecule has 0 fully saturated rings. The molecule has 0 aliphatic carbocycles. The Hall–Kier alpha value is -1.49. The molecule has 2 amide bonds. The molecule has 0 radical (unpaired) electrons. The fourth-order valence-electron chi connectivity index (χ4n) is 1.67. The van der Waals surface area contributed by atoms with Crippen molar-refractivity contribution in [1.82, 2.24) is 10.6 Å². The number of carbonyl (C=O) groups is 1. The van der Waals surface area contributed by atoms with Gasteiger partial charge in [0.2, 0.25) is 0 Å². The summed E-state index contributed by atoms with van der Waals surface area (Å²) in [6.07, 6.45) is 0. The summed E-state index contributed by atoms with van der Waals surface area (Å²) >= 11 is 0. The molecule has 5 heteroatoms. The summed E-state index contributed by atoms with van der Waals surface area (Å²) in [5, 5.41) is 5.55. The summed E-state index contributed by atoms with van der Waals surface area (Å²) in [6.45, 7) is 6.71. The van der Waals surface area contributed by atoms with Crippen LogP contribution in [0.2, 0.25) is 0 Å². The predicted molar refractivity (Wildman–Crippen MR) is 65.0 cm³/mol. The van der Waals surface area contributed by atoms with Crippen molar-refractivity contribution in [3.63, 3.8) is 0 Å². The van der Waals surface area contributed by atoms with E-state index >= 15 is 0 Å². The fraction of sp³-hybridized carbons (Fsp3) is 0.583. The van der Waals surface area contributed by atoms with Gasteiger partial charge in [0.25, 0.3) is 0 Å². The first-order chi connectivity index (χ1) is 8.04. The topological polar surface area (TPSA) is 63.5 Å². The molecule has 1 rings (SSSR count). The van der Waals surface area contributed by atoms with Crippen molar-refractivity contribution in [1.29, 1.82) is 0 Å². The standard InChI is InChI=1S/C12H20N2O3/c1-8-7-11(10(3)17-8)9(2)14-12(15)13-5-6-16-4/h7,9H,5-6H2,1-4H3,(H2,13,14,15). The quantitative estimate of drug-likeness (QED) is 0.773. The molecule has 1 unspecified atom stereocenters. The normalized spacial score (nSPS) is 12.2. The minimum absolute atomic E-state index is 0.0741. The third-order valence-corrected chi connectivity index (χ3v) is 2.49. The van der Waals surface area contributed by atoms with Crippen molar-refractivity contribution in [2.75, 3.05) is 20.3 Å². The lowest BCUT2D eigenvalue weighted by molar-refractivity contribution is 0.195. The third-order valence-electron chi connectivity index (χ3n) is 2.49. The maximum atomic E-state index is 11.5. The minimum atomic E-state index is -0.201. The van der Waals surface area contributed by atoms with Gasteiger partial charge in [0.15, 0.2) is 0 Å². The van der Waals surface area contributed by atoms with Gasteiger partial charge in [-0.25, -0.2) is 4.79 Å². The van der Waals surface area contributed by atoms with E-state index in [2.05, 4.69) is 10.6 Å². The molecule has 1 heterocycles. The van der Waals surface area contributed by atoms with Crippen molar-refractivity contribution in [2.45, 2.75) is 26.8 Å². The highest BCUT2D eigenvalue weighted by molar-refractivity contribution is 5.74. The first-order valence-corrected chi connectivity index (χ1v) is 5.64. The van der Waals surface area contributed by atoms with E-state index in [4.69, 9.17) is 9.15 Å². The summed E-state index contributed by atoms with van der Waals surface area (Å²) in [6, 6.07) is 1.66. The van der Waals surface area contributed by atoms with E-state index in [1.807, 2.05) is 26.8 Å². The van der Waals surface area contributed by atoms with Gasteiger partial charge in [-0.05, 0) is 26.8 Å². The third kappa shape index (κ3) is 4.11. The second-order valence-electron chi connectivity index (χ2n) is 3.98. The fourth-order valence-corrected chi connectivity index (χ4v) is 1.67. The predicted octanol–water partition coefficient (Wildman–Crippen LogP) is 1.90. The molecule has 2 N–H and O–H groups in total. The molecule has 0 bridgehead atoms. The molecule has 0 saturated carbocycles. The van der Waals surface area contributed by atoms with Gasteiger partial charge in [0.1, 0.15) is 11.5 Å². The largest absolute Gasteiger partial charge is 0.466 e. The molecule has 0 saturated heterocycles. The highest BCUT2D eigenvalue weighted by Gasteiger charge is 2.14. The summed E-state index contributed by atoms with van der Waals surface area (Å²) in [7, 11) is 1.60. The van der Waals surface area contributed by atoms with Crippen molar-refractivity contribution >= 4 is 6.03 Å². The Bertz CT molecular complexity index is 374. The molecule has 1 atom stereocenters. The zero-order valence-electron chi connectivity index (χ0n) is 10.8. The van der Waals surface area contributed by atoms with Crippen LogP contribution in [0, 0.1) is 13.8 Å². The molecule has 5 nitrogen and oxygen atoms in total. The Morgan fingerprint density at radius 3 is 2.76 bits per heavy atom. The average Bonchev–Trinajstić information content (AvgIpc) is 2.58. The van der Waals surface area contributed by atoms with Crippen LogP contribution in [0.25, 0.3) is 0 Å². The highest BCUT2D eigenvalue weighted by Crippen LogP contribution is 2.20. The van der Waals surface area contributed by atoms with Gasteiger partial charge >= 0.3 is 6.03 Å². The number of ether oxygens (including phenoxy) is 1. The minimum Gasteiger partial charge on any atom is -0.466 e. The van der Waals surface area contributed by atoms with Crippen LogP contribution in [-0.4, -0.2) is 26.3 Å². The van der Waals surface area contributed by atoms with E-state index in [0.717, 1.165) is 17.1 Å². The smallest absolute Gasteiger partial charge is 0.315 e. The molecule has 96 valence electrons. The maximum absolute atomic E-state index is 11.5. The lowest BCUT2D eigenvalue weighted by Crippen LogP contribution is -2.38. The lowest BCUT2D eigenvalue weighted by atomic mass is 10.1. The van der Waals surface area contributed by atoms with Crippen LogP contribution in [-0.2, 0) is 4.74 Å². The number of hydrogen-bond donors (Lipinski definition) is 2. The number of aryl methyl sites for hydroxylation is 2. The summed E-state index contributed by atoms with van der Waals surface area (Å²) in [5.74, 6) is 1.69. The van der Waals surface area contributed by atoms with Gasteiger partial charge in [0.05, 0.1) is 12.6 Å². The Kier molecular flexibility index (Phi) is 5.03. The van der Waals surface area contributed by atoms with E-state index < -0.39 is 0 Å². The second-order valence-corrected chi connectivity index (χ2v) is 3.98. The number of urea groups is 1. The molecule has 0 aromatic carbocycles. The number of amides is 2. The van der Waals surface area contributed by atoms with Gasteiger partial charge in [-0.1, -0.05) is 0 Å². The summed E-state index contributed by atoms with van der Waals surface area (Å²) in [4.78, 5) is 11.5. The van der Waals surface area contributed by atoms with Gasteiger partial charge in [-0.15, -0.1) is 0 Å². The number of carbonyl (C=O) groups excluding carboxylic acids is 1. The number of methoxy groups -OCH3 is 1. The molecule has 0 spiro atoms. The number of rotatable bonds is 5. The second kappa shape index (κ2) is 6.30. The van der Waals surface area contributed by atoms with Crippen molar-refractivity contribution in [3.8, 4) is 0 Å². The Balaban J connectivity index is 2.46. The van der Waals surface area contributed by atoms with Gasteiger partial charge in [0, 0.05) is 19.2 Å². The zero-order valence-corrected chi connectivity index (χ0v) is 10.8. The molecule has 0 aliphatic rings. The molecular formula is C12H20N2O3. The number of nitrogens with one attached hydrogen (secondary N) is 2. The van der Waals surface area contributed by atoms with Crippen LogP contribution in [0.15, 0.2) is 10.5 Å². The van der Waals surface area contributed by atoms with Crippen molar-refractivity contribution in [3.05, 3.63) is 23.2 Å². The van der Waals surface area contributed by atoms with Gasteiger partial charge in [-0.3, -0.25) is 0 Å². The van der Waals surface area contributed by atoms with Crippen LogP contribution in [0.5, 0.6) is 0 Å². The van der Waals surface area contributed by atoms with E-state index in [9.17, 15) is 4.79 Å². The van der Waals surface area contributed by atoms with Crippen molar-refractivity contribution in [2.24, 2.45) is 0 Å². The number of furan rings is 1. The Morgan fingerprint density at radius 1 is 1.53 bits per heavy atom. The molecule has 0 aliphatic heterocycles. The maximum Gasteiger partial charge on any atom is 0.315 e. The van der Waals surface area contributed by atoms with E-state index in [1.54, 1.807) is 7.11 Å². The Labute approximate surface area is 102 Å². The highest BCUT2D eigenvalue weighted by atomic mass is 16.5. The number of hydrogen-bond acceptors (Lipinski definition) is 3. The molecule has 1 aromatic rings. The van der Waals surface area contributed by atoms with E-state index in [1.165, 1.54) is 0 Å². The SMILES string of the molecule is COCCNC(=O)NC(C)c1cc(C)oc1C.